The lowest BCUT2D eigenvalue weighted by atomic mass is 9.62. The van der Waals surface area contributed by atoms with Crippen LogP contribution < -0.4 is 0 Å². The first-order valence-electron chi connectivity index (χ1n) is 16.4. The van der Waals surface area contributed by atoms with E-state index in [9.17, 15) is 0 Å². The van der Waals surface area contributed by atoms with Gasteiger partial charge in [0.05, 0.1) is 101 Å². The highest BCUT2D eigenvalue weighted by Crippen LogP contribution is 2.54. The Bertz CT molecular complexity index is 2140. The molecule has 0 heterocycles. The second kappa shape index (κ2) is 19.6. The number of hydrogen-bond donors (Lipinski definition) is 0. The lowest BCUT2D eigenvalue weighted by Crippen LogP contribution is -2.37. The van der Waals surface area contributed by atoms with Crippen LogP contribution in [0.15, 0.2) is 72.8 Å². The number of carbonyl (C=O) groups is 1. The molecule has 0 radical (unpaired) electrons. The van der Waals surface area contributed by atoms with Crippen LogP contribution in [-0.2, 0) is 15.6 Å². The van der Waals surface area contributed by atoms with Gasteiger partial charge in [0, 0.05) is 12.8 Å². The van der Waals surface area contributed by atoms with Crippen LogP contribution in [0.5, 0.6) is 0 Å². The monoisotopic (exact) mass is 1150 g/mol. The van der Waals surface area contributed by atoms with Crippen molar-refractivity contribution in [2.45, 2.75) is 23.7 Å². The first kappa shape index (κ1) is 49.6. The molecule has 0 unspecified atom stereocenters. The van der Waals surface area contributed by atoms with Crippen LogP contribution in [0.2, 0.25) is 90.4 Å². The average Bonchev–Trinajstić information content (AvgIpc) is 3.18. The number of carbonyl (C=O) groups excluding carboxylic acids is 1. The molecule has 19 heteroatoms. The quantitative estimate of drug-likeness (QED) is 0.0987. The summed E-state index contributed by atoms with van der Waals surface area (Å²) in [5.41, 5.74) is -1.33. The highest BCUT2D eigenvalue weighted by molar-refractivity contribution is 6.51. The van der Waals surface area contributed by atoms with Gasteiger partial charge in [-0.1, -0.05) is 209 Å². The van der Waals surface area contributed by atoms with Gasteiger partial charge < -0.3 is 0 Å². The Labute approximate surface area is 434 Å². The van der Waals surface area contributed by atoms with Gasteiger partial charge in [-0.15, -0.1) is 0 Å². The van der Waals surface area contributed by atoms with Crippen molar-refractivity contribution >= 4 is 215 Å². The largest absolute Gasteiger partial charge is 0.300 e. The van der Waals surface area contributed by atoms with Gasteiger partial charge in [0.15, 0.2) is 0 Å². The number of Topliss-reactive ketones (excluding diaryl/α,β-unsaturated/α-hetero) is 1. The van der Waals surface area contributed by atoms with Crippen LogP contribution in [0.1, 0.15) is 46.2 Å². The summed E-state index contributed by atoms with van der Waals surface area (Å²) in [7, 11) is 0. The third-order valence-electron chi connectivity index (χ3n) is 9.78. The predicted molar refractivity (Wildman–Crippen MR) is 263 cm³/mol. The maximum Gasteiger partial charge on any atom is 0.136 e. The van der Waals surface area contributed by atoms with Gasteiger partial charge in [-0.2, -0.15) is 0 Å². The average molecular weight is 1160 g/mol. The van der Waals surface area contributed by atoms with Crippen molar-refractivity contribution in [2.75, 3.05) is 0 Å². The molecule has 312 valence electrons. The fraction of sp³-hybridized carbons (Fsp3) is 0.0976. The third-order valence-corrected chi connectivity index (χ3v) is 17.0. The standard InChI is InChI=1S/C41H16Cl18O/c42-22-1-15(2-23(43)34(22)54)40(16-3-24(44)35(55)25(45)4-16,17-5-26(46)36(56)27(47)6-17)13-21(60)14-41(18-7-28(48)37(57)29(49)8-18,19-9-30(50)38(58)31(51)10-19)20-11-32(52)39(59)33(53)12-20/h1-12H,13-14H2. The second-order valence-electron chi connectivity index (χ2n) is 13.2. The van der Waals surface area contributed by atoms with Gasteiger partial charge >= 0.3 is 0 Å². The fourth-order valence-corrected chi connectivity index (χ4v) is 10.7. The molecule has 0 fully saturated rings. The summed E-state index contributed by atoms with van der Waals surface area (Å²) >= 11 is 120. The third kappa shape index (κ3) is 9.42. The molecule has 0 saturated carbocycles. The Morgan fingerprint density at radius 3 is 0.500 bits per heavy atom. The topological polar surface area (TPSA) is 17.1 Å². The molecule has 0 aliphatic rings. The molecule has 0 atom stereocenters. The molecule has 0 aliphatic heterocycles. The van der Waals surface area contributed by atoms with Gasteiger partial charge in [0.1, 0.15) is 5.78 Å². The molecule has 0 spiro atoms. The molecular formula is C41H16Cl18O. The molecule has 60 heavy (non-hydrogen) atoms. The zero-order valence-corrected chi connectivity index (χ0v) is 42.7. The highest BCUT2D eigenvalue weighted by atomic mass is 35.5. The van der Waals surface area contributed by atoms with Crippen molar-refractivity contribution in [2.24, 2.45) is 0 Å². The van der Waals surface area contributed by atoms with Crippen LogP contribution in [0.3, 0.4) is 0 Å². The van der Waals surface area contributed by atoms with E-state index >= 15 is 4.79 Å². The summed E-state index contributed by atoms with van der Waals surface area (Å²) < 4.78 is 0. The van der Waals surface area contributed by atoms with E-state index in [-0.39, 0.29) is 90.4 Å². The maximum atomic E-state index is 15.8. The molecule has 1 nitrogen and oxygen atoms in total. The molecule has 6 aromatic rings. The minimum atomic E-state index is -1.66. The Morgan fingerprint density at radius 1 is 0.267 bits per heavy atom. The number of ketones is 1. The van der Waals surface area contributed by atoms with Gasteiger partial charge in [0.25, 0.3) is 0 Å². The van der Waals surface area contributed by atoms with E-state index < -0.39 is 29.5 Å². The van der Waals surface area contributed by atoms with Gasteiger partial charge in [0.2, 0.25) is 0 Å². The lowest BCUT2D eigenvalue weighted by molar-refractivity contribution is -0.120. The number of hydrogen-bond acceptors (Lipinski definition) is 1. The first-order valence-corrected chi connectivity index (χ1v) is 23.3. The molecular weight excluding hydrogens is 1150 g/mol. The summed E-state index contributed by atoms with van der Waals surface area (Å²) in [5, 5.41) is 0.823. The Morgan fingerprint density at radius 2 is 0.383 bits per heavy atom. The Balaban J connectivity index is 1.77. The Hall–Kier alpha value is 0.210. The predicted octanol–water partition coefficient (Wildman–Crippen LogP) is 21.2. The summed E-state index contributed by atoms with van der Waals surface area (Å²) in [6.45, 7) is 0. The van der Waals surface area contributed by atoms with Crippen molar-refractivity contribution in [3.63, 3.8) is 0 Å². The van der Waals surface area contributed by atoms with E-state index in [0.717, 1.165) is 0 Å². The molecule has 0 amide bonds. The van der Waals surface area contributed by atoms with Crippen molar-refractivity contribution in [1.82, 2.24) is 0 Å². The van der Waals surface area contributed by atoms with Crippen molar-refractivity contribution in [1.29, 1.82) is 0 Å². The fourth-order valence-electron chi connectivity index (χ4n) is 7.08. The van der Waals surface area contributed by atoms with E-state index in [0.29, 0.717) is 33.4 Å². The van der Waals surface area contributed by atoms with Crippen molar-refractivity contribution in [3.8, 4) is 0 Å². The Kier molecular flexibility index (Phi) is 16.2. The van der Waals surface area contributed by atoms with Crippen molar-refractivity contribution < 1.29 is 4.79 Å². The van der Waals surface area contributed by atoms with Crippen LogP contribution in [0.4, 0.5) is 0 Å². The van der Waals surface area contributed by atoms with E-state index in [1.807, 2.05) is 0 Å². The minimum absolute atomic E-state index is 0.0454. The summed E-state index contributed by atoms with van der Waals surface area (Å²) in [6, 6.07) is 18.5. The highest BCUT2D eigenvalue weighted by Gasteiger charge is 2.46. The zero-order chi connectivity index (χ0) is 44.3. The van der Waals surface area contributed by atoms with E-state index in [4.69, 9.17) is 209 Å². The molecule has 0 aliphatic carbocycles. The normalized spacial score (nSPS) is 12.0. The molecule has 0 saturated heterocycles. The van der Waals surface area contributed by atoms with E-state index in [1.165, 1.54) is 0 Å². The molecule has 0 aromatic heterocycles. The summed E-state index contributed by atoms with van der Waals surface area (Å²) in [6.07, 6.45) is -0.879. The zero-order valence-electron chi connectivity index (χ0n) is 29.1. The smallest absolute Gasteiger partial charge is 0.136 e. The van der Waals surface area contributed by atoms with Gasteiger partial charge in [-0.3, -0.25) is 4.79 Å². The maximum absolute atomic E-state index is 15.8. The molecule has 6 aromatic carbocycles. The van der Waals surface area contributed by atoms with Crippen LogP contribution in [0.25, 0.3) is 0 Å². The number of rotatable bonds is 10. The molecule has 0 bridgehead atoms. The van der Waals surface area contributed by atoms with E-state index in [2.05, 4.69) is 0 Å². The van der Waals surface area contributed by atoms with Crippen LogP contribution in [0, 0.1) is 0 Å². The van der Waals surface area contributed by atoms with Crippen molar-refractivity contribution in [3.05, 3.63) is 197 Å². The first-order chi connectivity index (χ1) is 28.0. The van der Waals surface area contributed by atoms with Crippen LogP contribution in [-0.4, -0.2) is 5.78 Å². The van der Waals surface area contributed by atoms with Crippen LogP contribution >= 0.6 is 209 Å². The molecule has 0 N–H and O–H groups in total. The lowest BCUT2D eigenvalue weighted by Gasteiger charge is -2.40. The molecule has 6 rings (SSSR count). The summed E-state index contributed by atoms with van der Waals surface area (Å²) in [4.78, 5) is 15.8. The second-order valence-corrected chi connectivity index (χ2v) is 20.4. The number of benzene rings is 6. The van der Waals surface area contributed by atoms with Gasteiger partial charge in [-0.05, 0) is 106 Å². The van der Waals surface area contributed by atoms with Gasteiger partial charge in [-0.25, -0.2) is 0 Å². The van der Waals surface area contributed by atoms with E-state index in [1.54, 1.807) is 72.8 Å². The SMILES string of the molecule is O=C(CC(c1cc(Cl)c(Cl)c(Cl)c1)(c1cc(Cl)c(Cl)c(Cl)c1)c1cc(Cl)c(Cl)c(Cl)c1)CC(c1cc(Cl)c(Cl)c(Cl)c1)(c1cc(Cl)c(Cl)c(Cl)c1)c1cc(Cl)c(Cl)c(Cl)c1. The summed E-state index contributed by atoms with van der Waals surface area (Å²) in [5.74, 6) is -0.479. The number of halogens is 18. The minimum Gasteiger partial charge on any atom is -0.300 e.